The Balaban J connectivity index is 0.000000320. The van der Waals surface area contributed by atoms with Crippen LogP contribution in [0.4, 0.5) is 0 Å². The fourth-order valence-electron chi connectivity index (χ4n) is 9.54. The quantitative estimate of drug-likeness (QED) is 0.134. The van der Waals surface area contributed by atoms with Crippen molar-refractivity contribution in [1.82, 2.24) is 4.98 Å². The highest BCUT2D eigenvalue weighted by atomic mass is 35.5. The molecular formula is C45H53ClN2O3S. The highest BCUT2D eigenvalue weighted by Crippen LogP contribution is 2.55. The Morgan fingerprint density at radius 1 is 0.962 bits per heavy atom. The van der Waals surface area contributed by atoms with Crippen molar-refractivity contribution in [3.05, 3.63) is 112 Å². The summed E-state index contributed by atoms with van der Waals surface area (Å²) < 4.78 is 0. The summed E-state index contributed by atoms with van der Waals surface area (Å²) in [6.45, 7) is 3.66. The molecule has 0 spiro atoms. The van der Waals surface area contributed by atoms with E-state index in [1.54, 1.807) is 0 Å². The number of hydrogen-bond acceptors (Lipinski definition) is 5. The number of aliphatic carboxylic acids is 1. The van der Waals surface area contributed by atoms with Crippen molar-refractivity contribution >= 4 is 52.4 Å². The minimum Gasteiger partial charge on any atom is -0.481 e. The van der Waals surface area contributed by atoms with E-state index in [2.05, 4.69) is 42.5 Å². The van der Waals surface area contributed by atoms with E-state index >= 15 is 0 Å². The highest BCUT2D eigenvalue weighted by molar-refractivity contribution is 7.99. The lowest BCUT2D eigenvalue weighted by Crippen LogP contribution is -2.55. The fourth-order valence-corrected chi connectivity index (χ4v) is 11.3. The Morgan fingerprint density at radius 3 is 2.31 bits per heavy atom. The van der Waals surface area contributed by atoms with Crippen molar-refractivity contribution in [2.75, 3.05) is 5.75 Å². The Hall–Kier alpha value is -3.16. The van der Waals surface area contributed by atoms with E-state index in [1.165, 1.54) is 44.1 Å². The molecule has 1 atom stereocenters. The molecule has 1 aromatic heterocycles. The fraction of sp³-hybridized carbons (Fsp3) is 0.467. The van der Waals surface area contributed by atoms with Crippen LogP contribution >= 0.6 is 23.4 Å². The van der Waals surface area contributed by atoms with Crippen molar-refractivity contribution in [3.63, 3.8) is 0 Å². The van der Waals surface area contributed by atoms with Gasteiger partial charge in [0.2, 0.25) is 0 Å². The first-order chi connectivity index (χ1) is 24.8. The summed E-state index contributed by atoms with van der Waals surface area (Å²) in [4.78, 5) is 16.2. The summed E-state index contributed by atoms with van der Waals surface area (Å²) in [5.41, 5.74) is 11.8. The summed E-state index contributed by atoms with van der Waals surface area (Å²) in [6, 6.07) is 26.5. The predicted molar refractivity (Wildman–Crippen MR) is 216 cm³/mol. The first-order valence-corrected chi connectivity index (χ1v) is 20.5. The van der Waals surface area contributed by atoms with Crippen molar-refractivity contribution in [2.45, 2.75) is 101 Å². The maximum absolute atomic E-state index is 11.5. The van der Waals surface area contributed by atoms with Crippen LogP contribution in [0.25, 0.3) is 23.1 Å². The summed E-state index contributed by atoms with van der Waals surface area (Å²) in [5.74, 6) is 3.18. The van der Waals surface area contributed by atoms with Crippen LogP contribution < -0.4 is 5.73 Å². The van der Waals surface area contributed by atoms with E-state index in [-0.39, 0.29) is 17.1 Å². The molecule has 5 saturated carbocycles. The molecule has 1 heterocycles. The number of nitrogens with zero attached hydrogens (tertiary/aromatic N) is 1. The number of carboxylic acid groups (broad SMARTS) is 1. The minimum atomic E-state index is -0.911. The second kappa shape index (κ2) is 15.3. The molecule has 9 rings (SSSR count). The van der Waals surface area contributed by atoms with Crippen molar-refractivity contribution in [3.8, 4) is 0 Å². The molecule has 0 saturated heterocycles. The van der Waals surface area contributed by atoms with Crippen LogP contribution in [0.15, 0.2) is 78.9 Å². The number of fused-ring (bicyclic) bond motifs is 1. The highest BCUT2D eigenvalue weighted by Gasteiger charge is 2.48. The number of carbonyl (C=O) groups is 1. The first kappa shape index (κ1) is 37.2. The van der Waals surface area contributed by atoms with Gasteiger partial charge in [0.15, 0.2) is 0 Å². The van der Waals surface area contributed by atoms with E-state index in [0.717, 1.165) is 82.5 Å². The number of rotatable bonds is 12. The van der Waals surface area contributed by atoms with Gasteiger partial charge in [-0.2, -0.15) is 11.8 Å². The van der Waals surface area contributed by atoms with Crippen LogP contribution in [0.2, 0.25) is 5.02 Å². The SMILES string of the molecule is CC(C)(O)c1ccccc1CC[C@@H](SCC1(CC(=O)O)CC1)c1cccc(/C=C/c2ccc3ccc(Cl)cc3n2)c1.NC12CC3CC(CC(C3)C1)C2. The van der Waals surface area contributed by atoms with Crippen molar-refractivity contribution < 1.29 is 15.0 Å². The molecule has 5 aliphatic carbocycles. The number of aromatic nitrogens is 1. The molecule has 4 bridgehead atoms. The molecule has 5 fully saturated rings. The van der Waals surface area contributed by atoms with Gasteiger partial charge in [-0.25, -0.2) is 4.98 Å². The number of nitrogens with two attached hydrogens (primary N) is 1. The number of hydrogen-bond donors (Lipinski definition) is 3. The Labute approximate surface area is 318 Å². The van der Waals surface area contributed by atoms with Gasteiger partial charge < -0.3 is 15.9 Å². The average molecular weight is 737 g/mol. The molecule has 52 heavy (non-hydrogen) atoms. The van der Waals surface area contributed by atoms with Crippen LogP contribution in [0.5, 0.6) is 0 Å². The maximum atomic E-state index is 11.5. The van der Waals surface area contributed by atoms with E-state index < -0.39 is 11.6 Å². The normalized spacial score (nSPS) is 24.8. The summed E-state index contributed by atoms with van der Waals surface area (Å²) >= 11 is 8.04. The number of thioether (sulfide) groups is 1. The second-order valence-corrected chi connectivity index (χ2v) is 18.6. The monoisotopic (exact) mass is 736 g/mol. The molecule has 0 amide bonds. The van der Waals surface area contributed by atoms with Gasteiger partial charge in [0.1, 0.15) is 0 Å². The zero-order chi connectivity index (χ0) is 36.5. The van der Waals surface area contributed by atoms with Gasteiger partial charge in [-0.15, -0.1) is 0 Å². The van der Waals surface area contributed by atoms with Gasteiger partial charge in [0.05, 0.1) is 23.2 Å². The third kappa shape index (κ3) is 9.31. The molecular weight excluding hydrogens is 684 g/mol. The zero-order valence-corrected chi connectivity index (χ0v) is 32.1. The summed E-state index contributed by atoms with van der Waals surface area (Å²) in [5, 5.41) is 22.1. The van der Waals surface area contributed by atoms with Crippen LogP contribution in [0, 0.1) is 23.2 Å². The second-order valence-electron chi connectivity index (χ2n) is 17.0. The van der Waals surface area contributed by atoms with E-state index in [0.29, 0.717) is 10.6 Å². The molecule has 274 valence electrons. The molecule has 5 nitrogen and oxygen atoms in total. The molecule has 4 aromatic rings. The first-order valence-electron chi connectivity index (χ1n) is 19.1. The maximum Gasteiger partial charge on any atom is 0.303 e. The van der Waals surface area contributed by atoms with Crippen LogP contribution in [-0.2, 0) is 16.8 Å². The molecule has 0 radical (unpaired) electrons. The number of aryl methyl sites for hydroxylation is 1. The Kier molecular flexibility index (Phi) is 10.9. The van der Waals surface area contributed by atoms with Gasteiger partial charge in [0, 0.05) is 27.0 Å². The zero-order valence-electron chi connectivity index (χ0n) is 30.6. The number of halogens is 1. The third-order valence-corrected chi connectivity index (χ3v) is 13.8. The van der Waals surface area contributed by atoms with Gasteiger partial charge in [-0.1, -0.05) is 78.3 Å². The largest absolute Gasteiger partial charge is 0.481 e. The topological polar surface area (TPSA) is 96.4 Å². The number of pyridine rings is 1. The molecule has 0 unspecified atom stereocenters. The Bertz CT molecular complexity index is 1890. The van der Waals surface area contributed by atoms with Crippen LogP contribution in [0.1, 0.15) is 111 Å². The van der Waals surface area contributed by atoms with Crippen molar-refractivity contribution in [2.24, 2.45) is 28.9 Å². The lowest BCUT2D eigenvalue weighted by molar-refractivity contribution is -0.138. The number of carboxylic acids is 1. The standard InChI is InChI=1S/C35H36ClNO3S.C10H17N/c1-34(2,40)30-9-4-3-7-25(30)13-17-32(41-23-35(18-19-35)22-33(38)39)27-8-5-6-24(20-27)10-15-29-16-12-26-11-14-28(36)21-31(26)37-29;11-10-4-7-1-8(5-10)3-9(2-7)6-10/h3-12,14-16,20-21,32,40H,13,17-19,22-23H2,1-2H3,(H,38,39);7-9H,1-6,11H2/b15-10+;/t32-;/m1./s1. The summed E-state index contributed by atoms with van der Waals surface area (Å²) in [7, 11) is 0. The molecule has 3 aromatic carbocycles. The van der Waals surface area contributed by atoms with Crippen molar-refractivity contribution in [1.29, 1.82) is 0 Å². The van der Waals surface area contributed by atoms with Gasteiger partial charge in [0.25, 0.3) is 0 Å². The van der Waals surface area contributed by atoms with Crippen LogP contribution in [0.3, 0.4) is 0 Å². The number of aliphatic hydroxyl groups is 1. The van der Waals surface area contributed by atoms with Gasteiger partial charge >= 0.3 is 5.97 Å². The predicted octanol–water partition coefficient (Wildman–Crippen LogP) is 10.9. The smallest absolute Gasteiger partial charge is 0.303 e. The van der Waals surface area contributed by atoms with Gasteiger partial charge in [-0.3, -0.25) is 4.79 Å². The minimum absolute atomic E-state index is 0.0814. The summed E-state index contributed by atoms with van der Waals surface area (Å²) in [6.07, 6.45) is 16.6. The van der Waals surface area contributed by atoms with E-state index in [4.69, 9.17) is 22.3 Å². The average Bonchev–Trinajstić information content (AvgIpc) is 3.84. The molecule has 4 N–H and O–H groups in total. The lowest BCUT2D eigenvalue weighted by atomic mass is 9.53. The molecule has 0 aliphatic heterocycles. The third-order valence-electron chi connectivity index (χ3n) is 11.9. The van der Waals surface area contributed by atoms with Gasteiger partial charge in [-0.05, 0) is 148 Å². The van der Waals surface area contributed by atoms with E-state index in [1.807, 2.05) is 74.1 Å². The molecule has 5 aliphatic rings. The Morgan fingerprint density at radius 2 is 1.65 bits per heavy atom. The van der Waals surface area contributed by atoms with E-state index in [9.17, 15) is 15.0 Å². The lowest BCUT2D eigenvalue weighted by Gasteiger charge is -2.55. The van der Waals surface area contributed by atoms with Crippen LogP contribution in [-0.4, -0.2) is 32.5 Å². The molecule has 7 heteroatoms. The number of benzene rings is 3.